The molecular weight excluding hydrogens is 112 g/mol. The maximum Gasteiger partial charge on any atom is 1.00 e. The second kappa shape index (κ2) is 2.79. The van der Waals surface area contributed by atoms with E-state index >= 15 is 0 Å². The Bertz CT molecular complexity index is 124. The Morgan fingerprint density at radius 1 is 1.12 bits per heavy atom. The summed E-state index contributed by atoms with van der Waals surface area (Å²) in [6.07, 6.45) is 1.12. The SMILES string of the molecule is O=C(O)/C=C\C(=O)O.[H+]. The van der Waals surface area contributed by atoms with Crippen LogP contribution in [0.1, 0.15) is 1.43 Å². The first-order chi connectivity index (χ1) is 3.63. The third-order valence-corrected chi connectivity index (χ3v) is 0.368. The van der Waals surface area contributed by atoms with Crippen LogP contribution in [0.3, 0.4) is 0 Å². The third-order valence-electron chi connectivity index (χ3n) is 0.368. The van der Waals surface area contributed by atoms with E-state index in [0.29, 0.717) is 12.2 Å². The predicted octanol–water partition coefficient (Wildman–Crippen LogP) is -0.176. The molecule has 4 heteroatoms. The Hall–Kier alpha value is -1.32. The minimum Gasteiger partial charge on any atom is -0.478 e. The van der Waals surface area contributed by atoms with E-state index in [9.17, 15) is 9.59 Å². The highest BCUT2D eigenvalue weighted by Gasteiger charge is 1.88. The van der Waals surface area contributed by atoms with Gasteiger partial charge < -0.3 is 10.2 Å². The van der Waals surface area contributed by atoms with Crippen LogP contribution in [-0.4, -0.2) is 22.2 Å². The molecule has 0 radical (unpaired) electrons. The number of rotatable bonds is 2. The quantitative estimate of drug-likeness (QED) is 0.492. The molecule has 2 N–H and O–H groups in total. The van der Waals surface area contributed by atoms with Gasteiger partial charge in [0.1, 0.15) is 0 Å². The Morgan fingerprint density at radius 3 is 1.50 bits per heavy atom. The third kappa shape index (κ3) is 4.68. The molecule has 0 atom stereocenters. The van der Waals surface area contributed by atoms with E-state index in [0.717, 1.165) is 0 Å². The van der Waals surface area contributed by atoms with Gasteiger partial charge in [0.15, 0.2) is 0 Å². The molecule has 0 fully saturated rings. The van der Waals surface area contributed by atoms with Crippen LogP contribution >= 0.6 is 0 Å². The Kier molecular flexibility index (Phi) is 2.33. The second-order valence-electron chi connectivity index (χ2n) is 1.01. The van der Waals surface area contributed by atoms with Crippen LogP contribution < -0.4 is 0 Å². The van der Waals surface area contributed by atoms with Crippen molar-refractivity contribution in [1.82, 2.24) is 0 Å². The van der Waals surface area contributed by atoms with Gasteiger partial charge in [-0.05, 0) is 0 Å². The minimum absolute atomic E-state index is 0. The lowest BCUT2D eigenvalue weighted by Crippen LogP contribution is -1.91. The summed E-state index contributed by atoms with van der Waals surface area (Å²) in [5.41, 5.74) is 0. The van der Waals surface area contributed by atoms with Crippen molar-refractivity contribution in [1.29, 1.82) is 0 Å². The Labute approximate surface area is 46.5 Å². The minimum atomic E-state index is -1.26. The zero-order valence-electron chi connectivity index (χ0n) is 4.87. The number of aliphatic carboxylic acids is 2. The van der Waals surface area contributed by atoms with Gasteiger partial charge in [0.25, 0.3) is 0 Å². The lowest BCUT2D eigenvalue weighted by atomic mass is 10.5. The van der Waals surface area contributed by atoms with Crippen molar-refractivity contribution in [3.05, 3.63) is 12.2 Å². The number of hydrogen-bond donors (Lipinski definition) is 2. The number of carbonyl (C=O) groups is 2. The van der Waals surface area contributed by atoms with Gasteiger partial charge in [-0.3, -0.25) is 0 Å². The highest BCUT2D eigenvalue weighted by molar-refractivity contribution is 5.89. The van der Waals surface area contributed by atoms with E-state index < -0.39 is 11.9 Å². The van der Waals surface area contributed by atoms with Crippen LogP contribution in [0.25, 0.3) is 0 Å². The molecule has 0 aromatic heterocycles. The van der Waals surface area contributed by atoms with E-state index in [-0.39, 0.29) is 1.43 Å². The number of hydrogen-bond acceptors (Lipinski definition) is 2. The maximum absolute atomic E-state index is 9.55. The van der Waals surface area contributed by atoms with Crippen LogP contribution in [0.15, 0.2) is 12.2 Å². The first kappa shape index (κ1) is 6.68. The fraction of sp³-hybridized carbons (Fsp3) is 0. The topological polar surface area (TPSA) is 74.6 Å². The molecule has 44 valence electrons. The van der Waals surface area contributed by atoms with Crippen LogP contribution in [0.4, 0.5) is 0 Å². The second-order valence-corrected chi connectivity index (χ2v) is 1.01. The van der Waals surface area contributed by atoms with Gasteiger partial charge in [0, 0.05) is 12.2 Å². The van der Waals surface area contributed by atoms with Gasteiger partial charge in [-0.15, -0.1) is 0 Å². The van der Waals surface area contributed by atoms with Crippen LogP contribution in [-0.2, 0) is 9.59 Å². The molecule has 0 unspecified atom stereocenters. The monoisotopic (exact) mass is 117 g/mol. The molecule has 0 aliphatic carbocycles. The summed E-state index contributed by atoms with van der Waals surface area (Å²) in [5.74, 6) is -2.51. The van der Waals surface area contributed by atoms with Gasteiger partial charge in [-0.1, -0.05) is 0 Å². The predicted molar refractivity (Wildman–Crippen MR) is 25.5 cm³/mol. The molecule has 0 heterocycles. The van der Waals surface area contributed by atoms with Crippen molar-refractivity contribution in [2.24, 2.45) is 0 Å². The Morgan fingerprint density at radius 2 is 1.38 bits per heavy atom. The van der Waals surface area contributed by atoms with Gasteiger partial charge in [-0.2, -0.15) is 0 Å². The first-order valence-electron chi connectivity index (χ1n) is 1.77. The van der Waals surface area contributed by atoms with Crippen LogP contribution in [0.2, 0.25) is 0 Å². The first-order valence-corrected chi connectivity index (χ1v) is 1.77. The summed E-state index contributed by atoms with van der Waals surface area (Å²) in [5, 5.41) is 15.6. The lowest BCUT2D eigenvalue weighted by molar-refractivity contribution is -0.134. The van der Waals surface area contributed by atoms with E-state index in [4.69, 9.17) is 10.2 Å². The van der Waals surface area contributed by atoms with E-state index in [2.05, 4.69) is 0 Å². The van der Waals surface area contributed by atoms with Crippen molar-refractivity contribution >= 4 is 11.9 Å². The summed E-state index contributed by atoms with van der Waals surface area (Å²) < 4.78 is 0. The average Bonchev–Trinajstić information content (AvgIpc) is 1.61. The summed E-state index contributed by atoms with van der Waals surface area (Å²) >= 11 is 0. The molecule has 0 bridgehead atoms. The molecule has 0 aliphatic heterocycles. The summed E-state index contributed by atoms with van der Waals surface area (Å²) in [7, 11) is 0. The molecule has 0 aliphatic rings. The molecule has 0 saturated carbocycles. The number of carboxylic acid groups (broad SMARTS) is 2. The molecule has 0 saturated heterocycles. The fourth-order valence-corrected chi connectivity index (χ4v) is 0.143. The van der Waals surface area contributed by atoms with Gasteiger partial charge in [0.2, 0.25) is 0 Å². The highest BCUT2D eigenvalue weighted by Crippen LogP contribution is 1.70. The molecule has 0 rings (SSSR count). The van der Waals surface area contributed by atoms with E-state index in [1.165, 1.54) is 0 Å². The van der Waals surface area contributed by atoms with Gasteiger partial charge in [-0.25, -0.2) is 9.59 Å². The summed E-state index contributed by atoms with van der Waals surface area (Å²) in [4.78, 5) is 19.1. The van der Waals surface area contributed by atoms with E-state index in [1.807, 2.05) is 0 Å². The molecule has 0 spiro atoms. The van der Waals surface area contributed by atoms with Crippen molar-refractivity contribution in [3.8, 4) is 0 Å². The average molecular weight is 117 g/mol. The van der Waals surface area contributed by atoms with Crippen molar-refractivity contribution in [2.45, 2.75) is 0 Å². The summed E-state index contributed by atoms with van der Waals surface area (Å²) in [6, 6.07) is 0. The molecular formula is C4H5O4+. The van der Waals surface area contributed by atoms with Crippen molar-refractivity contribution in [2.75, 3.05) is 0 Å². The van der Waals surface area contributed by atoms with E-state index in [1.54, 1.807) is 0 Å². The number of carboxylic acids is 2. The van der Waals surface area contributed by atoms with Gasteiger partial charge >= 0.3 is 13.4 Å². The van der Waals surface area contributed by atoms with Crippen molar-refractivity contribution < 1.29 is 21.2 Å². The molecule has 0 aromatic rings. The maximum atomic E-state index is 9.55. The molecule has 8 heavy (non-hydrogen) atoms. The normalized spacial score (nSPS) is 9.50. The molecule has 0 aromatic carbocycles. The Balaban J connectivity index is 0. The standard InChI is InChI=1S/C4H4O4/c5-3(6)1-2-4(7)8/h1-2H,(H,5,6)(H,7,8)/p+1/b2-1-. The lowest BCUT2D eigenvalue weighted by Gasteiger charge is -1.74. The smallest absolute Gasteiger partial charge is 0.478 e. The van der Waals surface area contributed by atoms with Gasteiger partial charge in [0.05, 0.1) is 0 Å². The summed E-state index contributed by atoms with van der Waals surface area (Å²) in [6.45, 7) is 0. The molecule has 4 nitrogen and oxygen atoms in total. The zero-order valence-corrected chi connectivity index (χ0v) is 3.87. The zero-order chi connectivity index (χ0) is 6.57. The fourth-order valence-electron chi connectivity index (χ4n) is 0.143. The van der Waals surface area contributed by atoms with Crippen LogP contribution in [0.5, 0.6) is 0 Å². The molecule has 0 amide bonds. The van der Waals surface area contributed by atoms with Crippen LogP contribution in [0, 0.1) is 0 Å². The largest absolute Gasteiger partial charge is 1.00 e. The van der Waals surface area contributed by atoms with Crippen molar-refractivity contribution in [3.63, 3.8) is 0 Å². The highest BCUT2D eigenvalue weighted by atomic mass is 16.4.